The average molecular weight is 141 g/mol. The third kappa shape index (κ3) is 342. The minimum atomic E-state index is 0. The predicted molar refractivity (Wildman–Crippen MR) is 43.5 cm³/mol. The van der Waals surface area contributed by atoms with Gasteiger partial charge in [0, 0.05) is 0 Å². The second-order valence-corrected chi connectivity index (χ2v) is 0. The van der Waals surface area contributed by atoms with Crippen LogP contribution in [-0.4, -0.2) is 0 Å². The van der Waals surface area contributed by atoms with Crippen LogP contribution in [0.1, 0.15) is 0 Å². The molecule has 0 aliphatic rings. The molecule has 0 saturated heterocycles. The molecule has 52 valence electrons. The second kappa shape index (κ2) is 608. The van der Waals surface area contributed by atoms with Crippen molar-refractivity contribution in [2.75, 3.05) is 0 Å². The molecular weight excluding hydrogens is 127 g/mol. The van der Waals surface area contributed by atoms with E-state index in [4.69, 9.17) is 0 Å². The largest absolute Gasteiger partial charge is 0.269 e. The van der Waals surface area contributed by atoms with Gasteiger partial charge in [-0.15, -0.1) is 51.9 Å². The van der Waals surface area contributed by atoms with Crippen LogP contribution in [0.3, 0.4) is 0 Å². The Morgan fingerprint density at radius 2 is 0.500 bits per heavy atom. The molecule has 0 nitrogen and oxygen atoms in total. The lowest BCUT2D eigenvalue weighted by Gasteiger charge is -0.813. The van der Waals surface area contributed by atoms with Gasteiger partial charge in [0.05, 0.1) is 0 Å². The van der Waals surface area contributed by atoms with Crippen molar-refractivity contribution in [2.24, 2.45) is 0 Å². The fourth-order valence-corrected chi connectivity index (χ4v) is 0. The van der Waals surface area contributed by atoms with Crippen LogP contribution in [0.25, 0.3) is 0 Å². The Labute approximate surface area is 57.4 Å². The Hall–Kier alpha value is -0.560. The highest BCUT2D eigenvalue weighted by atomic mass is 35.5. The second-order valence-electron chi connectivity index (χ2n) is 0. The molecule has 0 radical (unpaired) electrons. The van der Waals surface area contributed by atoms with Crippen LogP contribution in [0.4, 0.5) is 4.70 Å². The van der Waals surface area contributed by atoms with E-state index in [1.165, 1.54) is 0 Å². The number of hydrogen-bond acceptors (Lipinski definition) is 0. The molecule has 0 atom stereocenters. The van der Waals surface area contributed by atoms with E-state index in [9.17, 15) is 0 Å². The fraction of sp³-hybridized carbons (Fsp3) is 0. The first-order chi connectivity index (χ1) is 3.00. The molecule has 0 rings (SSSR count). The van der Waals surface area contributed by atoms with Gasteiger partial charge in [0.15, 0.2) is 0 Å². The molecule has 0 fully saturated rings. The summed E-state index contributed by atoms with van der Waals surface area (Å²) in [4.78, 5) is 0. The van der Waals surface area contributed by atoms with E-state index in [2.05, 4.69) is 39.5 Å². The van der Waals surface area contributed by atoms with Crippen molar-refractivity contribution in [1.29, 1.82) is 0 Å². The molecule has 0 aromatic carbocycles. The van der Waals surface area contributed by atoms with Crippen LogP contribution in [0.2, 0.25) is 0 Å². The zero-order valence-electron chi connectivity index (χ0n) is 5.06. The van der Waals surface area contributed by atoms with Crippen molar-refractivity contribution in [2.45, 2.75) is 0 Å². The zero-order valence-corrected chi connectivity index (χ0v) is 5.88. The summed E-state index contributed by atoms with van der Waals surface area (Å²) in [5, 5.41) is 0. The molecule has 0 aromatic rings. The van der Waals surface area contributed by atoms with Gasteiger partial charge in [0.1, 0.15) is 0 Å². The van der Waals surface area contributed by atoms with Gasteiger partial charge in [0.2, 0.25) is 0 Å². The Balaban J connectivity index is -0.00000000500. The fourth-order valence-electron chi connectivity index (χ4n) is 0. The summed E-state index contributed by atoms with van der Waals surface area (Å²) >= 11 is 0. The molecule has 0 heterocycles. The van der Waals surface area contributed by atoms with E-state index in [1.807, 2.05) is 0 Å². The average Bonchev–Trinajstić information content (AvgIpc) is 1.81. The lowest BCUT2D eigenvalue weighted by Crippen LogP contribution is -0.552. The summed E-state index contributed by atoms with van der Waals surface area (Å²) < 4.78 is 0. The summed E-state index contributed by atoms with van der Waals surface area (Å²) in [6.45, 7) is 18.0. The molecular formula is C6H14ClF. The quantitative estimate of drug-likeness (QED) is 0.454. The van der Waals surface area contributed by atoms with E-state index < -0.39 is 0 Å². The third-order valence-electron chi connectivity index (χ3n) is 0. The topological polar surface area (TPSA) is 0 Å². The van der Waals surface area contributed by atoms with Crippen LogP contribution >= 0.6 is 12.4 Å². The summed E-state index contributed by atoms with van der Waals surface area (Å²) in [5.74, 6) is 0. The van der Waals surface area contributed by atoms with Crippen LogP contribution in [0.5, 0.6) is 0 Å². The van der Waals surface area contributed by atoms with Crippen molar-refractivity contribution in [3.63, 3.8) is 0 Å². The summed E-state index contributed by atoms with van der Waals surface area (Å²) in [6, 6.07) is 0. The van der Waals surface area contributed by atoms with Gasteiger partial charge in [-0.25, -0.2) is 0 Å². The van der Waals surface area contributed by atoms with E-state index in [1.54, 1.807) is 0 Å². The lowest BCUT2D eigenvalue weighted by molar-refractivity contribution is 1.11. The van der Waals surface area contributed by atoms with Crippen molar-refractivity contribution in [3.8, 4) is 0 Å². The molecule has 0 aliphatic carbocycles. The van der Waals surface area contributed by atoms with Crippen molar-refractivity contribution in [1.82, 2.24) is 0 Å². The Morgan fingerprint density at radius 1 is 0.500 bits per heavy atom. The minimum absolute atomic E-state index is 0. The van der Waals surface area contributed by atoms with Gasteiger partial charge in [-0.3, -0.25) is 4.70 Å². The first-order valence-electron chi connectivity index (χ1n) is 1.50. The van der Waals surface area contributed by atoms with Crippen LogP contribution < -0.4 is 0 Å². The van der Waals surface area contributed by atoms with Crippen molar-refractivity contribution >= 4 is 12.4 Å². The van der Waals surface area contributed by atoms with E-state index in [0.717, 1.165) is 0 Å². The Bertz CT molecular complexity index is 13.2. The lowest BCUT2D eigenvalue weighted by atomic mass is 11.3. The summed E-state index contributed by atoms with van der Waals surface area (Å²) in [5.41, 5.74) is 0. The molecule has 0 amide bonds. The van der Waals surface area contributed by atoms with Gasteiger partial charge in [-0.1, -0.05) is 0 Å². The summed E-state index contributed by atoms with van der Waals surface area (Å²) in [7, 11) is 0. The smallest absolute Gasteiger partial charge is 0.106 e. The monoisotopic (exact) mass is 140 g/mol. The molecule has 8 heavy (non-hydrogen) atoms. The SMILES string of the molecule is C=C.C=C.C=C.Cl.F. The molecule has 0 aliphatic heterocycles. The Morgan fingerprint density at radius 3 is 0.500 bits per heavy atom. The predicted octanol–water partition coefficient (Wildman–Crippen LogP) is 2.98. The van der Waals surface area contributed by atoms with Gasteiger partial charge in [-0.2, -0.15) is 0 Å². The highest BCUT2D eigenvalue weighted by Crippen LogP contribution is 0.866. The van der Waals surface area contributed by atoms with E-state index in [-0.39, 0.29) is 17.1 Å². The number of halogens is 2. The maximum absolute atomic E-state index is 3.00. The minimum Gasteiger partial charge on any atom is -0.269 e. The maximum atomic E-state index is 3.00. The number of hydrogen-bond donors (Lipinski definition) is 0. The van der Waals surface area contributed by atoms with Crippen LogP contribution in [0.15, 0.2) is 39.5 Å². The number of rotatable bonds is 0. The standard InChI is InChI=1S/3C2H4.ClH.FH/c3*1-2;;/h3*1-2H2;2*1H. The molecule has 2 heteroatoms. The van der Waals surface area contributed by atoms with E-state index in [0.29, 0.717) is 0 Å². The molecule has 0 aromatic heterocycles. The first kappa shape index (κ1) is 51.8. The summed E-state index contributed by atoms with van der Waals surface area (Å²) in [6.07, 6.45) is 0. The van der Waals surface area contributed by atoms with Crippen LogP contribution in [0, 0.1) is 0 Å². The third-order valence-corrected chi connectivity index (χ3v) is 0. The van der Waals surface area contributed by atoms with Gasteiger partial charge >= 0.3 is 0 Å². The van der Waals surface area contributed by atoms with Gasteiger partial charge in [-0.05, 0) is 0 Å². The van der Waals surface area contributed by atoms with Crippen LogP contribution in [-0.2, 0) is 0 Å². The van der Waals surface area contributed by atoms with E-state index >= 15 is 0 Å². The Kier molecular flexibility index (Phi) is 3940. The van der Waals surface area contributed by atoms with Gasteiger partial charge in [0.25, 0.3) is 0 Å². The molecule has 0 unspecified atom stereocenters. The van der Waals surface area contributed by atoms with Crippen molar-refractivity contribution in [3.05, 3.63) is 39.5 Å². The first-order valence-corrected chi connectivity index (χ1v) is 1.50. The molecule has 0 saturated carbocycles. The molecule has 0 bridgehead atoms. The molecule has 0 N–H and O–H groups in total. The zero-order chi connectivity index (χ0) is 6.00. The normalized spacial score (nSPS) is 1.50. The highest BCUT2D eigenvalue weighted by Gasteiger charge is 0.605. The highest BCUT2D eigenvalue weighted by molar-refractivity contribution is 5.85. The molecule has 0 spiro atoms. The van der Waals surface area contributed by atoms with Gasteiger partial charge < -0.3 is 0 Å². The van der Waals surface area contributed by atoms with Crippen molar-refractivity contribution < 1.29 is 4.70 Å². The maximum Gasteiger partial charge on any atom is -0.106 e.